The molecule has 0 rings (SSSR count). The number of carbonyl (C=O) groups excluding carboxylic acids is 1. The van der Waals surface area contributed by atoms with Crippen LogP contribution in [-0.4, -0.2) is 19.2 Å². The van der Waals surface area contributed by atoms with Gasteiger partial charge in [-0.15, -0.1) is 0 Å². The molecular formula is C11H25NO2. The molecule has 3 nitrogen and oxygen atoms in total. The molecule has 1 N–H and O–H groups in total. The van der Waals surface area contributed by atoms with Crippen LogP contribution in [-0.2, 0) is 4.74 Å². The lowest BCUT2D eigenvalue weighted by Crippen LogP contribution is -2.32. The SMILES string of the molecule is CC.COC(=O)NC(C)CCC(C)C. The maximum Gasteiger partial charge on any atom is 0.407 e. The smallest absolute Gasteiger partial charge is 0.407 e. The average Bonchev–Trinajstić information content (AvgIpc) is 2.17. The summed E-state index contributed by atoms with van der Waals surface area (Å²) in [6.07, 6.45) is 1.80. The maximum atomic E-state index is 10.7. The van der Waals surface area contributed by atoms with Crippen LogP contribution >= 0.6 is 0 Å². The van der Waals surface area contributed by atoms with Crippen LogP contribution in [0.25, 0.3) is 0 Å². The van der Waals surface area contributed by atoms with Crippen LogP contribution in [0.2, 0.25) is 0 Å². The lowest BCUT2D eigenvalue weighted by Gasteiger charge is -2.13. The van der Waals surface area contributed by atoms with Crippen LogP contribution in [0.1, 0.15) is 47.5 Å². The summed E-state index contributed by atoms with van der Waals surface area (Å²) in [5.74, 6) is 0.687. The van der Waals surface area contributed by atoms with Crippen molar-refractivity contribution in [2.24, 2.45) is 5.92 Å². The fraction of sp³-hybridized carbons (Fsp3) is 0.909. The van der Waals surface area contributed by atoms with E-state index >= 15 is 0 Å². The first-order valence-corrected chi connectivity index (χ1v) is 5.40. The number of methoxy groups -OCH3 is 1. The van der Waals surface area contributed by atoms with Crippen molar-refractivity contribution in [2.75, 3.05) is 7.11 Å². The van der Waals surface area contributed by atoms with Gasteiger partial charge in [0.1, 0.15) is 0 Å². The van der Waals surface area contributed by atoms with E-state index in [2.05, 4.69) is 23.9 Å². The Morgan fingerprint density at radius 2 is 1.71 bits per heavy atom. The summed E-state index contributed by atoms with van der Waals surface area (Å²) in [6.45, 7) is 10.3. The minimum Gasteiger partial charge on any atom is -0.453 e. The number of carbonyl (C=O) groups is 1. The fourth-order valence-corrected chi connectivity index (χ4v) is 0.916. The minimum atomic E-state index is -0.341. The van der Waals surface area contributed by atoms with Gasteiger partial charge in [-0.05, 0) is 25.7 Å². The van der Waals surface area contributed by atoms with Crippen molar-refractivity contribution >= 4 is 6.09 Å². The van der Waals surface area contributed by atoms with Gasteiger partial charge in [0, 0.05) is 6.04 Å². The molecule has 0 aromatic heterocycles. The van der Waals surface area contributed by atoms with Gasteiger partial charge in [-0.2, -0.15) is 0 Å². The van der Waals surface area contributed by atoms with Gasteiger partial charge in [0.05, 0.1) is 7.11 Å². The van der Waals surface area contributed by atoms with E-state index in [0.29, 0.717) is 5.92 Å². The zero-order chi connectivity index (χ0) is 11.6. The van der Waals surface area contributed by atoms with E-state index in [-0.39, 0.29) is 12.1 Å². The lowest BCUT2D eigenvalue weighted by atomic mass is 10.0. The van der Waals surface area contributed by atoms with Crippen LogP contribution in [0.5, 0.6) is 0 Å². The molecule has 1 atom stereocenters. The second kappa shape index (κ2) is 10.4. The van der Waals surface area contributed by atoms with Gasteiger partial charge in [-0.3, -0.25) is 0 Å². The molecular weight excluding hydrogens is 178 g/mol. The van der Waals surface area contributed by atoms with Crippen molar-refractivity contribution in [3.8, 4) is 0 Å². The summed E-state index contributed by atoms with van der Waals surface area (Å²) < 4.78 is 4.48. The highest BCUT2D eigenvalue weighted by atomic mass is 16.5. The minimum absolute atomic E-state index is 0.208. The van der Waals surface area contributed by atoms with Crippen molar-refractivity contribution in [1.29, 1.82) is 0 Å². The van der Waals surface area contributed by atoms with Crippen LogP contribution in [0.15, 0.2) is 0 Å². The van der Waals surface area contributed by atoms with E-state index in [0.717, 1.165) is 12.8 Å². The number of ether oxygens (including phenoxy) is 1. The van der Waals surface area contributed by atoms with Crippen molar-refractivity contribution in [1.82, 2.24) is 5.32 Å². The Morgan fingerprint density at radius 1 is 1.21 bits per heavy atom. The molecule has 0 aromatic rings. The molecule has 0 saturated heterocycles. The van der Waals surface area contributed by atoms with Gasteiger partial charge in [0.15, 0.2) is 0 Å². The van der Waals surface area contributed by atoms with E-state index in [9.17, 15) is 4.79 Å². The van der Waals surface area contributed by atoms with Gasteiger partial charge in [0.25, 0.3) is 0 Å². The maximum absolute atomic E-state index is 10.7. The topological polar surface area (TPSA) is 38.3 Å². The molecule has 3 heteroatoms. The molecule has 0 aromatic carbocycles. The predicted molar refractivity (Wildman–Crippen MR) is 60.4 cm³/mol. The molecule has 0 radical (unpaired) electrons. The molecule has 1 unspecified atom stereocenters. The van der Waals surface area contributed by atoms with Gasteiger partial charge in [-0.25, -0.2) is 4.79 Å². The molecule has 0 bridgehead atoms. The van der Waals surface area contributed by atoms with Crippen molar-refractivity contribution in [3.63, 3.8) is 0 Å². The molecule has 86 valence electrons. The molecule has 0 heterocycles. The Labute approximate surface area is 88.2 Å². The summed E-state index contributed by atoms with van der Waals surface area (Å²) in [7, 11) is 1.38. The quantitative estimate of drug-likeness (QED) is 0.762. The highest BCUT2D eigenvalue weighted by Crippen LogP contribution is 2.06. The standard InChI is InChI=1S/C9H19NO2.C2H6/c1-7(2)5-6-8(3)10-9(11)12-4;1-2/h7-8H,5-6H2,1-4H3,(H,10,11);1-2H3. The van der Waals surface area contributed by atoms with E-state index in [1.54, 1.807) is 0 Å². The fourth-order valence-electron chi connectivity index (χ4n) is 0.916. The monoisotopic (exact) mass is 203 g/mol. The van der Waals surface area contributed by atoms with Crippen LogP contribution in [0.3, 0.4) is 0 Å². The molecule has 0 spiro atoms. The predicted octanol–water partition coefficient (Wildman–Crippen LogP) is 3.19. The lowest BCUT2D eigenvalue weighted by molar-refractivity contribution is 0.166. The molecule has 0 aliphatic carbocycles. The molecule has 0 saturated carbocycles. The summed E-state index contributed by atoms with van der Waals surface area (Å²) in [5.41, 5.74) is 0. The van der Waals surface area contributed by atoms with Crippen LogP contribution < -0.4 is 5.32 Å². The highest BCUT2D eigenvalue weighted by molar-refractivity contribution is 5.67. The largest absolute Gasteiger partial charge is 0.453 e. The third-order valence-electron chi connectivity index (χ3n) is 1.73. The Balaban J connectivity index is 0. The van der Waals surface area contributed by atoms with E-state index in [4.69, 9.17) is 0 Å². The summed E-state index contributed by atoms with van der Waals surface area (Å²) in [5, 5.41) is 2.72. The number of amides is 1. The number of hydrogen-bond acceptors (Lipinski definition) is 2. The number of hydrogen-bond donors (Lipinski definition) is 1. The van der Waals surface area contributed by atoms with Gasteiger partial charge in [0.2, 0.25) is 0 Å². The Bertz CT molecular complexity index is 135. The van der Waals surface area contributed by atoms with Crippen molar-refractivity contribution in [2.45, 2.75) is 53.5 Å². The Morgan fingerprint density at radius 3 is 2.07 bits per heavy atom. The van der Waals surface area contributed by atoms with E-state index in [1.807, 2.05) is 20.8 Å². The van der Waals surface area contributed by atoms with E-state index in [1.165, 1.54) is 7.11 Å². The second-order valence-corrected chi connectivity index (χ2v) is 3.51. The average molecular weight is 203 g/mol. The Kier molecular flexibility index (Phi) is 11.6. The number of rotatable bonds is 4. The zero-order valence-corrected chi connectivity index (χ0v) is 10.4. The molecule has 14 heavy (non-hydrogen) atoms. The highest BCUT2D eigenvalue weighted by Gasteiger charge is 2.06. The first-order valence-electron chi connectivity index (χ1n) is 5.40. The van der Waals surface area contributed by atoms with E-state index < -0.39 is 0 Å². The molecule has 1 amide bonds. The van der Waals surface area contributed by atoms with Gasteiger partial charge < -0.3 is 10.1 Å². The first-order chi connectivity index (χ1) is 6.56. The normalized spacial score (nSPS) is 11.4. The Hall–Kier alpha value is -0.730. The first kappa shape index (κ1) is 15.7. The van der Waals surface area contributed by atoms with Crippen LogP contribution in [0.4, 0.5) is 4.79 Å². The van der Waals surface area contributed by atoms with Crippen molar-refractivity contribution < 1.29 is 9.53 Å². The van der Waals surface area contributed by atoms with Gasteiger partial charge in [-0.1, -0.05) is 27.7 Å². The second-order valence-electron chi connectivity index (χ2n) is 3.51. The summed E-state index contributed by atoms with van der Waals surface area (Å²) >= 11 is 0. The van der Waals surface area contributed by atoms with Gasteiger partial charge >= 0.3 is 6.09 Å². The summed E-state index contributed by atoms with van der Waals surface area (Å²) in [4.78, 5) is 10.7. The van der Waals surface area contributed by atoms with Crippen LogP contribution in [0, 0.1) is 5.92 Å². The molecule has 0 aliphatic rings. The summed E-state index contributed by atoms with van der Waals surface area (Å²) in [6, 6.07) is 0.208. The number of nitrogens with one attached hydrogen (secondary N) is 1. The third-order valence-corrected chi connectivity index (χ3v) is 1.73. The zero-order valence-electron chi connectivity index (χ0n) is 10.4. The van der Waals surface area contributed by atoms with Crippen molar-refractivity contribution in [3.05, 3.63) is 0 Å². The third kappa shape index (κ3) is 11.3. The molecule has 0 aliphatic heterocycles. The number of alkyl carbamates (subject to hydrolysis) is 1. The molecule has 0 fully saturated rings.